The van der Waals surface area contributed by atoms with Crippen LogP contribution in [0, 0.1) is 5.92 Å². The molecule has 0 saturated carbocycles. The minimum atomic E-state index is -0.241. The fourth-order valence-electron chi connectivity index (χ4n) is 3.26. The topological polar surface area (TPSA) is 35.5 Å². The molecule has 0 fully saturated rings. The van der Waals surface area contributed by atoms with E-state index in [1.807, 2.05) is 42.5 Å². The summed E-state index contributed by atoms with van der Waals surface area (Å²) in [4.78, 5) is 12.6. The van der Waals surface area contributed by atoms with Gasteiger partial charge >= 0.3 is 5.97 Å². The maximum absolute atomic E-state index is 12.6. The van der Waals surface area contributed by atoms with Gasteiger partial charge in [0.2, 0.25) is 0 Å². The van der Waals surface area contributed by atoms with Crippen molar-refractivity contribution >= 4 is 57.4 Å². The number of esters is 1. The van der Waals surface area contributed by atoms with Crippen LogP contribution >= 0.6 is 0 Å². The van der Waals surface area contributed by atoms with Gasteiger partial charge in [0.1, 0.15) is 11.5 Å². The SMILES string of the molecule is CCCCC(CC)COC(=O)c1cccc2c1Cc1ccccc1O2.[K]. The Hall–Kier alpha value is -0.654. The average molecular weight is 378 g/mol. The summed E-state index contributed by atoms with van der Waals surface area (Å²) in [5.41, 5.74) is 2.65. The predicted octanol–water partition coefficient (Wildman–Crippen LogP) is 5.38. The van der Waals surface area contributed by atoms with E-state index >= 15 is 0 Å². The number of benzene rings is 2. The van der Waals surface area contributed by atoms with Crippen LogP contribution in [0.3, 0.4) is 0 Å². The summed E-state index contributed by atoms with van der Waals surface area (Å²) in [6.45, 7) is 4.84. The van der Waals surface area contributed by atoms with Gasteiger partial charge in [-0.1, -0.05) is 57.4 Å². The molecule has 0 aromatic heterocycles. The van der Waals surface area contributed by atoms with Crippen LogP contribution in [-0.4, -0.2) is 64.0 Å². The molecule has 0 N–H and O–H groups in total. The summed E-state index contributed by atoms with van der Waals surface area (Å²) in [7, 11) is 0. The smallest absolute Gasteiger partial charge is 0.338 e. The van der Waals surface area contributed by atoms with E-state index in [1.54, 1.807) is 0 Å². The zero-order valence-corrected chi connectivity index (χ0v) is 19.2. The first kappa shape index (κ1) is 21.6. The van der Waals surface area contributed by atoms with E-state index in [0.29, 0.717) is 24.5 Å². The number of rotatable bonds is 7. The van der Waals surface area contributed by atoms with Crippen molar-refractivity contribution in [2.75, 3.05) is 6.61 Å². The normalized spacial score (nSPS) is 12.8. The van der Waals surface area contributed by atoms with Crippen LogP contribution in [0.25, 0.3) is 0 Å². The number of unbranched alkanes of at least 4 members (excludes halogenated alkanes) is 1. The molecule has 1 radical (unpaired) electrons. The number of fused-ring (bicyclic) bond motifs is 2. The van der Waals surface area contributed by atoms with E-state index in [-0.39, 0.29) is 57.4 Å². The van der Waals surface area contributed by atoms with E-state index in [1.165, 1.54) is 12.8 Å². The summed E-state index contributed by atoms with van der Waals surface area (Å²) in [6.07, 6.45) is 5.21. The molecule has 133 valence electrons. The molecule has 0 bridgehead atoms. The van der Waals surface area contributed by atoms with Gasteiger partial charge in [0.05, 0.1) is 12.2 Å². The molecule has 2 aromatic carbocycles. The quantitative estimate of drug-likeness (QED) is 0.410. The molecule has 0 spiro atoms. The van der Waals surface area contributed by atoms with Crippen molar-refractivity contribution in [2.45, 2.75) is 46.0 Å². The standard InChI is InChI=1S/C22H26O3.K/c1-3-5-9-16(4-2)15-24-22(23)18-11-8-13-21-19(18)14-17-10-6-7-12-20(17)25-21;/h6-8,10-13,16H,3-5,9,14-15H2,1-2H3;. The third-order valence-corrected chi connectivity index (χ3v) is 4.91. The molecule has 3 nitrogen and oxygen atoms in total. The van der Waals surface area contributed by atoms with Crippen LogP contribution in [0.4, 0.5) is 0 Å². The van der Waals surface area contributed by atoms with Crippen molar-refractivity contribution in [2.24, 2.45) is 5.92 Å². The third kappa shape index (κ3) is 5.20. The van der Waals surface area contributed by atoms with E-state index < -0.39 is 0 Å². The van der Waals surface area contributed by atoms with Crippen LogP contribution in [0.2, 0.25) is 0 Å². The van der Waals surface area contributed by atoms with Gasteiger partial charge in [0.15, 0.2) is 0 Å². The van der Waals surface area contributed by atoms with E-state index in [2.05, 4.69) is 13.8 Å². The predicted molar refractivity (Wildman–Crippen MR) is 105 cm³/mol. The Labute approximate surface area is 198 Å². The van der Waals surface area contributed by atoms with Crippen molar-refractivity contribution in [3.05, 3.63) is 59.2 Å². The summed E-state index contributed by atoms with van der Waals surface area (Å²) in [5, 5.41) is 0. The molecule has 0 saturated heterocycles. The molecule has 26 heavy (non-hydrogen) atoms. The number of carbonyl (C=O) groups is 1. The Bertz CT molecular complexity index is 742. The number of carbonyl (C=O) groups excluding carboxylic acids is 1. The molecule has 0 amide bonds. The van der Waals surface area contributed by atoms with E-state index in [9.17, 15) is 4.79 Å². The first-order valence-electron chi connectivity index (χ1n) is 9.27. The molecule has 2 aromatic rings. The van der Waals surface area contributed by atoms with Gasteiger partial charge in [-0.15, -0.1) is 0 Å². The van der Waals surface area contributed by atoms with Crippen molar-refractivity contribution < 1.29 is 14.3 Å². The zero-order valence-electron chi connectivity index (χ0n) is 16.1. The van der Waals surface area contributed by atoms with Crippen LogP contribution in [0.5, 0.6) is 11.5 Å². The van der Waals surface area contributed by atoms with Crippen molar-refractivity contribution in [3.8, 4) is 11.5 Å². The van der Waals surface area contributed by atoms with Gasteiger partial charge < -0.3 is 9.47 Å². The first-order chi connectivity index (χ1) is 12.2. The largest absolute Gasteiger partial charge is 0.462 e. The summed E-state index contributed by atoms with van der Waals surface area (Å²) < 4.78 is 11.6. The Kier molecular flexibility index (Phi) is 8.84. The van der Waals surface area contributed by atoms with Gasteiger partial charge in [-0.05, 0) is 36.1 Å². The first-order valence-corrected chi connectivity index (χ1v) is 9.27. The fourth-order valence-corrected chi connectivity index (χ4v) is 3.26. The number of ether oxygens (including phenoxy) is 2. The van der Waals surface area contributed by atoms with Gasteiger partial charge in [-0.25, -0.2) is 4.79 Å². The second-order valence-electron chi connectivity index (χ2n) is 6.68. The van der Waals surface area contributed by atoms with Crippen LogP contribution in [0.15, 0.2) is 42.5 Å². The number of hydrogen-bond donors (Lipinski definition) is 0. The minimum Gasteiger partial charge on any atom is -0.462 e. The van der Waals surface area contributed by atoms with Crippen LogP contribution in [0.1, 0.15) is 61.0 Å². The number of hydrogen-bond acceptors (Lipinski definition) is 3. The monoisotopic (exact) mass is 377 g/mol. The van der Waals surface area contributed by atoms with Crippen LogP contribution in [-0.2, 0) is 11.2 Å². The van der Waals surface area contributed by atoms with Gasteiger partial charge in [0, 0.05) is 63.4 Å². The number of para-hydroxylation sites is 1. The van der Waals surface area contributed by atoms with Gasteiger partial charge in [0.25, 0.3) is 0 Å². The molecule has 1 heterocycles. The molecule has 1 aliphatic rings. The minimum absolute atomic E-state index is 0. The van der Waals surface area contributed by atoms with Crippen LogP contribution < -0.4 is 4.74 Å². The molecular weight excluding hydrogens is 351 g/mol. The van der Waals surface area contributed by atoms with Gasteiger partial charge in [-0.2, -0.15) is 0 Å². The second-order valence-corrected chi connectivity index (χ2v) is 6.68. The van der Waals surface area contributed by atoms with E-state index in [4.69, 9.17) is 9.47 Å². The maximum Gasteiger partial charge on any atom is 0.338 e. The van der Waals surface area contributed by atoms with E-state index in [0.717, 1.165) is 35.5 Å². The Morgan fingerprint density at radius 2 is 1.88 bits per heavy atom. The van der Waals surface area contributed by atoms with Crippen molar-refractivity contribution in [3.63, 3.8) is 0 Å². The molecule has 1 atom stereocenters. The molecule has 1 unspecified atom stereocenters. The fraction of sp³-hybridized carbons (Fsp3) is 0.409. The Balaban J connectivity index is 0.00000243. The average Bonchev–Trinajstić information content (AvgIpc) is 2.65. The van der Waals surface area contributed by atoms with Crippen molar-refractivity contribution in [1.82, 2.24) is 0 Å². The molecule has 4 heteroatoms. The molecule has 0 aliphatic carbocycles. The summed E-state index contributed by atoms with van der Waals surface area (Å²) in [5.74, 6) is 1.83. The van der Waals surface area contributed by atoms with Gasteiger partial charge in [-0.3, -0.25) is 0 Å². The maximum atomic E-state index is 12.6. The summed E-state index contributed by atoms with van der Waals surface area (Å²) >= 11 is 0. The molecular formula is C22H26KO3. The Morgan fingerprint density at radius 1 is 1.12 bits per heavy atom. The molecule has 3 rings (SSSR count). The third-order valence-electron chi connectivity index (χ3n) is 4.91. The van der Waals surface area contributed by atoms with Crippen molar-refractivity contribution in [1.29, 1.82) is 0 Å². The molecule has 1 aliphatic heterocycles. The summed E-state index contributed by atoms with van der Waals surface area (Å²) in [6, 6.07) is 13.6. The zero-order chi connectivity index (χ0) is 17.6. The Morgan fingerprint density at radius 3 is 2.65 bits per heavy atom. The second kappa shape index (κ2) is 10.6.